The van der Waals surface area contributed by atoms with Crippen molar-refractivity contribution in [3.8, 4) is 11.3 Å². The molecule has 1 amide bonds. The third-order valence-electron chi connectivity index (χ3n) is 8.56. The van der Waals surface area contributed by atoms with Gasteiger partial charge in [0.25, 0.3) is 0 Å². The van der Waals surface area contributed by atoms with Crippen molar-refractivity contribution in [2.45, 2.75) is 68.7 Å². The second-order valence-electron chi connectivity index (χ2n) is 11.2. The molecule has 1 aromatic heterocycles. The number of hydrogen-bond donors (Lipinski definition) is 1. The van der Waals surface area contributed by atoms with Gasteiger partial charge in [-0.2, -0.15) is 0 Å². The molecule has 1 aliphatic heterocycles. The fraction of sp³-hybridized carbons (Fsp3) is 0.484. The minimum absolute atomic E-state index is 0.00366. The fourth-order valence-electron chi connectivity index (χ4n) is 6.15. The van der Waals surface area contributed by atoms with E-state index in [2.05, 4.69) is 4.72 Å². The Balaban J connectivity index is 1.28. The van der Waals surface area contributed by atoms with Crippen molar-refractivity contribution in [1.82, 2.24) is 14.2 Å². The first kappa shape index (κ1) is 29.6. The Morgan fingerprint density at radius 3 is 2.34 bits per heavy atom. The van der Waals surface area contributed by atoms with Gasteiger partial charge >= 0.3 is 5.97 Å². The zero-order valence-electron chi connectivity index (χ0n) is 23.7. The van der Waals surface area contributed by atoms with E-state index in [0.717, 1.165) is 53.7 Å². The van der Waals surface area contributed by atoms with Crippen molar-refractivity contribution in [3.63, 3.8) is 0 Å². The number of aromatic nitrogens is 1. The molecule has 0 atom stereocenters. The summed E-state index contributed by atoms with van der Waals surface area (Å²) in [6.07, 6.45) is 6.96. The second-order valence-corrected chi connectivity index (χ2v) is 13.3. The molecule has 3 aromatic rings. The van der Waals surface area contributed by atoms with Gasteiger partial charge in [-0.25, -0.2) is 13.1 Å². The molecule has 2 fully saturated rings. The van der Waals surface area contributed by atoms with Crippen LogP contribution in [0.25, 0.3) is 22.2 Å². The zero-order valence-corrected chi connectivity index (χ0v) is 25.3. The van der Waals surface area contributed by atoms with Crippen LogP contribution in [0.4, 0.5) is 0 Å². The maximum Gasteiger partial charge on any atom is 0.305 e. The van der Waals surface area contributed by atoms with Crippen LogP contribution in [0.2, 0.25) is 5.02 Å². The smallest absolute Gasteiger partial charge is 0.305 e. The van der Waals surface area contributed by atoms with Crippen LogP contribution in [0.1, 0.15) is 56.9 Å². The first-order chi connectivity index (χ1) is 19.7. The molecule has 2 aromatic carbocycles. The van der Waals surface area contributed by atoms with E-state index in [0.29, 0.717) is 43.5 Å². The molecule has 8 nitrogen and oxygen atoms in total. The van der Waals surface area contributed by atoms with Gasteiger partial charge in [0.1, 0.15) is 0 Å². The third kappa shape index (κ3) is 6.47. The molecule has 1 saturated carbocycles. The van der Waals surface area contributed by atoms with E-state index >= 15 is 0 Å². The number of likely N-dealkylation sites (tertiary alicyclic amines) is 1. The maximum absolute atomic E-state index is 13.4. The Bertz CT molecular complexity index is 1520. The van der Waals surface area contributed by atoms with Crippen molar-refractivity contribution in [2.75, 3.05) is 20.2 Å². The van der Waals surface area contributed by atoms with Gasteiger partial charge in [-0.1, -0.05) is 35.9 Å². The monoisotopic (exact) mass is 599 g/mol. The summed E-state index contributed by atoms with van der Waals surface area (Å²) in [6, 6.07) is 12.7. The van der Waals surface area contributed by atoms with Crippen LogP contribution < -0.4 is 4.72 Å². The van der Waals surface area contributed by atoms with Crippen LogP contribution in [0.15, 0.2) is 47.4 Å². The highest BCUT2D eigenvalue weighted by molar-refractivity contribution is 7.89. The first-order valence-electron chi connectivity index (χ1n) is 14.4. The molecular formula is C31H38ClN3O5S. The number of sulfonamides is 1. The van der Waals surface area contributed by atoms with Crippen molar-refractivity contribution in [1.29, 1.82) is 0 Å². The Labute approximate surface area is 247 Å². The molecule has 0 bridgehead atoms. The average molecular weight is 600 g/mol. The molecule has 41 heavy (non-hydrogen) atoms. The van der Waals surface area contributed by atoms with Crippen LogP contribution in [0.3, 0.4) is 0 Å². The van der Waals surface area contributed by atoms with Gasteiger partial charge in [-0.15, -0.1) is 0 Å². The van der Waals surface area contributed by atoms with Crippen LogP contribution in [-0.4, -0.2) is 56.0 Å². The maximum atomic E-state index is 13.4. The number of rotatable bonds is 8. The van der Waals surface area contributed by atoms with E-state index in [1.807, 2.05) is 40.8 Å². The largest absolute Gasteiger partial charge is 0.469 e. The lowest BCUT2D eigenvalue weighted by atomic mass is 9.85. The zero-order chi connectivity index (χ0) is 29.1. The normalized spacial score (nSPS) is 19.8. The van der Waals surface area contributed by atoms with E-state index in [1.54, 1.807) is 18.2 Å². The van der Waals surface area contributed by atoms with Gasteiger partial charge in [0.2, 0.25) is 15.9 Å². The predicted octanol–water partition coefficient (Wildman–Crippen LogP) is 5.45. The number of carbonyl (C=O) groups excluding carboxylic acids is 2. The minimum Gasteiger partial charge on any atom is -0.469 e. The highest BCUT2D eigenvalue weighted by Crippen LogP contribution is 2.38. The summed E-state index contributed by atoms with van der Waals surface area (Å²) in [4.78, 5) is 26.5. The Morgan fingerprint density at radius 2 is 1.68 bits per heavy atom. The van der Waals surface area contributed by atoms with E-state index in [9.17, 15) is 18.0 Å². The van der Waals surface area contributed by atoms with E-state index in [4.69, 9.17) is 16.3 Å². The summed E-state index contributed by atoms with van der Waals surface area (Å²) >= 11 is 6.80. The highest BCUT2D eigenvalue weighted by atomic mass is 35.5. The fourth-order valence-corrected chi connectivity index (χ4v) is 7.87. The summed E-state index contributed by atoms with van der Waals surface area (Å²) < 4.78 is 36.3. The Kier molecular flexibility index (Phi) is 9.06. The number of esters is 1. The minimum atomic E-state index is -3.76. The van der Waals surface area contributed by atoms with E-state index in [1.165, 1.54) is 13.5 Å². The number of fused-ring (bicyclic) bond motifs is 1. The number of ether oxygens (including phenoxy) is 1. The van der Waals surface area contributed by atoms with Gasteiger partial charge < -0.3 is 14.2 Å². The van der Waals surface area contributed by atoms with Crippen molar-refractivity contribution in [3.05, 3.63) is 53.1 Å². The summed E-state index contributed by atoms with van der Waals surface area (Å²) in [5.41, 5.74) is 3.42. The molecule has 2 heterocycles. The van der Waals surface area contributed by atoms with Gasteiger partial charge in [-0.05, 0) is 80.7 Å². The molecule has 1 aliphatic carbocycles. The number of aryl methyl sites for hydroxylation is 2. The lowest BCUT2D eigenvalue weighted by Gasteiger charge is -2.34. The first-order valence-corrected chi connectivity index (χ1v) is 16.3. The van der Waals surface area contributed by atoms with Gasteiger partial charge in [0.05, 0.1) is 28.2 Å². The number of nitrogens with one attached hydrogen (secondary N) is 1. The number of benzene rings is 2. The average Bonchev–Trinajstić information content (AvgIpc) is 3.25. The van der Waals surface area contributed by atoms with Gasteiger partial charge in [0.15, 0.2) is 0 Å². The Morgan fingerprint density at radius 1 is 1.00 bits per heavy atom. The Hall–Kier alpha value is -2.88. The molecule has 5 rings (SSSR count). The van der Waals surface area contributed by atoms with Crippen LogP contribution >= 0.6 is 11.6 Å². The van der Waals surface area contributed by atoms with Crippen molar-refractivity contribution < 1.29 is 22.7 Å². The van der Waals surface area contributed by atoms with Gasteiger partial charge in [-0.3, -0.25) is 9.59 Å². The van der Waals surface area contributed by atoms with Crippen LogP contribution in [0, 0.1) is 5.92 Å². The van der Waals surface area contributed by atoms with Crippen molar-refractivity contribution >= 4 is 44.4 Å². The molecule has 220 valence electrons. The third-order valence-corrected chi connectivity index (χ3v) is 10.5. The SMILES string of the molecule is COC(=O)CCc1ccc(-c2c(Cl)c3ccc(S(=O)(=O)NC4CCC(C(=O)N5CCCCC5)CC4)cc3n2C)cc1. The van der Waals surface area contributed by atoms with E-state index < -0.39 is 10.0 Å². The summed E-state index contributed by atoms with van der Waals surface area (Å²) in [5, 5.41) is 1.33. The molecule has 0 spiro atoms. The molecule has 2 aliphatic rings. The predicted molar refractivity (Wildman–Crippen MR) is 160 cm³/mol. The quantitative estimate of drug-likeness (QED) is 0.347. The number of methoxy groups -OCH3 is 1. The molecule has 0 unspecified atom stereocenters. The standard InChI is InChI=1S/C31H38ClN3O5S/c1-34-27-20-25(41(38,39)33-24-13-11-23(12-14-24)31(37)35-18-4-3-5-19-35)15-16-26(27)29(32)30(34)22-9-6-21(7-10-22)8-17-28(36)40-2/h6-7,9-10,15-16,20,23-24,33H,3-5,8,11-14,17-19H2,1-2H3. The number of nitrogens with zero attached hydrogens (tertiary/aromatic N) is 2. The topological polar surface area (TPSA) is 97.7 Å². The number of carbonyl (C=O) groups is 2. The van der Waals surface area contributed by atoms with Crippen LogP contribution in [0.5, 0.6) is 0 Å². The highest BCUT2D eigenvalue weighted by Gasteiger charge is 2.32. The van der Waals surface area contributed by atoms with Crippen molar-refractivity contribution in [2.24, 2.45) is 13.0 Å². The molecule has 1 N–H and O–H groups in total. The molecule has 10 heteroatoms. The molecule has 1 saturated heterocycles. The van der Waals surface area contributed by atoms with E-state index in [-0.39, 0.29) is 28.7 Å². The second kappa shape index (κ2) is 12.5. The number of halogens is 1. The lowest BCUT2D eigenvalue weighted by Crippen LogP contribution is -2.43. The molecular weight excluding hydrogens is 562 g/mol. The van der Waals surface area contributed by atoms with Crippen LogP contribution in [-0.2, 0) is 37.8 Å². The number of amides is 1. The lowest BCUT2D eigenvalue weighted by molar-refractivity contribution is -0.140. The summed E-state index contributed by atoms with van der Waals surface area (Å²) in [5.74, 6) is -0.0126. The number of piperidine rings is 1. The molecule has 0 radical (unpaired) electrons. The summed E-state index contributed by atoms with van der Waals surface area (Å²) in [6.45, 7) is 1.70. The summed E-state index contributed by atoms with van der Waals surface area (Å²) in [7, 11) is -0.501. The van der Waals surface area contributed by atoms with Gasteiger partial charge in [0, 0.05) is 43.9 Å². The number of hydrogen-bond acceptors (Lipinski definition) is 5.